The van der Waals surface area contributed by atoms with Crippen LogP contribution in [0.15, 0.2) is 12.2 Å². The summed E-state index contributed by atoms with van der Waals surface area (Å²) in [4.78, 5) is 0. The molecule has 0 amide bonds. The van der Waals surface area contributed by atoms with Crippen molar-refractivity contribution >= 4 is 0 Å². The molecule has 4 heteroatoms. The summed E-state index contributed by atoms with van der Waals surface area (Å²) in [6.07, 6.45) is 4.40. The summed E-state index contributed by atoms with van der Waals surface area (Å²) in [5.74, 6) is 1.24. The van der Waals surface area contributed by atoms with Gasteiger partial charge in [0.05, 0.1) is 6.61 Å². The van der Waals surface area contributed by atoms with Crippen molar-refractivity contribution in [2.45, 2.75) is 57.6 Å². The van der Waals surface area contributed by atoms with E-state index in [-0.39, 0.29) is 12.2 Å². The number of terminal acetylenes is 1. The van der Waals surface area contributed by atoms with E-state index in [4.69, 9.17) is 25.4 Å². The minimum atomic E-state index is -0.701. The molecule has 0 aromatic rings. The Balaban J connectivity index is 2.19. The molecule has 0 aromatic carbocycles. The largest absolute Gasteiger partial charge is 0.346 e. The van der Waals surface area contributed by atoms with Gasteiger partial charge in [0.25, 0.3) is 0 Å². The third kappa shape index (κ3) is 2.60. The average molecular weight is 252 g/mol. The van der Waals surface area contributed by atoms with E-state index >= 15 is 0 Å². The summed E-state index contributed by atoms with van der Waals surface area (Å²) in [5, 5.41) is 0. The number of ether oxygens (including phenoxy) is 4. The maximum atomic E-state index is 5.87. The van der Waals surface area contributed by atoms with Crippen LogP contribution in [0.1, 0.15) is 27.7 Å². The summed E-state index contributed by atoms with van der Waals surface area (Å²) < 4.78 is 22.9. The van der Waals surface area contributed by atoms with E-state index in [0.29, 0.717) is 6.61 Å². The Morgan fingerprint density at radius 3 is 2.44 bits per heavy atom. The minimum absolute atomic E-state index is 0.309. The molecule has 0 radical (unpaired) electrons. The Morgan fingerprint density at radius 2 is 1.83 bits per heavy atom. The van der Waals surface area contributed by atoms with E-state index in [1.54, 1.807) is 0 Å². The van der Waals surface area contributed by atoms with Gasteiger partial charge in [0.15, 0.2) is 11.6 Å². The highest BCUT2D eigenvalue weighted by atomic mass is 16.8. The van der Waals surface area contributed by atoms with E-state index in [1.807, 2.05) is 27.7 Å². The van der Waals surface area contributed by atoms with E-state index in [9.17, 15) is 0 Å². The number of hydrogen-bond donors (Lipinski definition) is 0. The second-order valence-corrected chi connectivity index (χ2v) is 5.57. The molecule has 0 unspecified atom stereocenters. The van der Waals surface area contributed by atoms with Gasteiger partial charge in [-0.25, -0.2) is 0 Å². The second-order valence-electron chi connectivity index (χ2n) is 5.57. The maximum Gasteiger partial charge on any atom is 0.165 e. The Labute approximate surface area is 108 Å². The lowest BCUT2D eigenvalue weighted by molar-refractivity contribution is -0.271. The molecule has 2 aliphatic rings. The van der Waals surface area contributed by atoms with Crippen molar-refractivity contribution in [3.8, 4) is 12.3 Å². The minimum Gasteiger partial charge on any atom is -0.346 e. The molecule has 0 spiro atoms. The third-order valence-electron chi connectivity index (χ3n) is 3.01. The van der Waals surface area contributed by atoms with Crippen LogP contribution in [0, 0.1) is 12.3 Å². The summed E-state index contributed by atoms with van der Waals surface area (Å²) in [5.41, 5.74) is 0.820. The van der Waals surface area contributed by atoms with Gasteiger partial charge >= 0.3 is 0 Å². The Hall–Kier alpha value is -0.860. The highest BCUT2D eigenvalue weighted by molar-refractivity contribution is 5.16. The molecule has 0 aliphatic carbocycles. The molecule has 0 saturated carbocycles. The highest BCUT2D eigenvalue weighted by Gasteiger charge is 2.48. The van der Waals surface area contributed by atoms with Crippen molar-refractivity contribution in [2.75, 3.05) is 6.61 Å². The van der Waals surface area contributed by atoms with Gasteiger partial charge in [-0.15, -0.1) is 6.42 Å². The summed E-state index contributed by atoms with van der Waals surface area (Å²) in [6, 6.07) is 0. The molecule has 100 valence electrons. The van der Waals surface area contributed by atoms with Gasteiger partial charge in [-0.2, -0.15) is 0 Å². The van der Waals surface area contributed by atoms with E-state index < -0.39 is 17.7 Å². The highest BCUT2D eigenvalue weighted by Crippen LogP contribution is 2.36. The summed E-state index contributed by atoms with van der Waals surface area (Å²) >= 11 is 0. The molecule has 18 heavy (non-hydrogen) atoms. The molecule has 3 atom stereocenters. The van der Waals surface area contributed by atoms with Crippen molar-refractivity contribution in [2.24, 2.45) is 0 Å². The van der Waals surface area contributed by atoms with Crippen LogP contribution in [-0.4, -0.2) is 36.5 Å². The Morgan fingerprint density at radius 1 is 1.17 bits per heavy atom. The quantitative estimate of drug-likeness (QED) is 0.527. The van der Waals surface area contributed by atoms with Crippen LogP contribution >= 0.6 is 0 Å². The fraction of sp³-hybridized carbons (Fsp3) is 0.714. The van der Waals surface area contributed by atoms with E-state index in [1.165, 1.54) is 0 Å². The van der Waals surface area contributed by atoms with Crippen LogP contribution in [0.2, 0.25) is 0 Å². The number of hydrogen-bond acceptors (Lipinski definition) is 4. The first-order chi connectivity index (χ1) is 8.24. The first kappa shape index (κ1) is 13.6. The van der Waals surface area contributed by atoms with Gasteiger partial charge in [-0.3, -0.25) is 0 Å². The van der Waals surface area contributed by atoms with Crippen LogP contribution < -0.4 is 0 Å². The normalized spacial score (nSPS) is 38.4. The van der Waals surface area contributed by atoms with Gasteiger partial charge < -0.3 is 18.9 Å². The monoisotopic (exact) mass is 252 g/mol. The van der Waals surface area contributed by atoms with E-state index in [2.05, 4.69) is 12.5 Å². The van der Waals surface area contributed by atoms with E-state index in [0.717, 1.165) is 5.57 Å². The lowest BCUT2D eigenvalue weighted by Crippen LogP contribution is -2.49. The standard InChI is InChI=1S/C14H20O4/c1-7-10-12(18-14(5,6)16-10)11-9(2)8-15-13(3,4)17-11/h1,10-12H,2,8H2,3-6H3/t10-,11-,12-/m1/s1. The smallest absolute Gasteiger partial charge is 0.165 e. The van der Waals surface area contributed by atoms with Crippen molar-refractivity contribution < 1.29 is 18.9 Å². The molecule has 0 N–H and O–H groups in total. The molecule has 2 aliphatic heterocycles. The molecule has 2 fully saturated rings. The van der Waals surface area contributed by atoms with Crippen LogP contribution in [0.3, 0.4) is 0 Å². The zero-order valence-electron chi connectivity index (χ0n) is 11.4. The maximum absolute atomic E-state index is 5.87. The van der Waals surface area contributed by atoms with Crippen molar-refractivity contribution in [3.63, 3.8) is 0 Å². The molecule has 2 saturated heterocycles. The first-order valence-corrected chi connectivity index (χ1v) is 6.05. The van der Waals surface area contributed by atoms with Gasteiger partial charge in [-0.1, -0.05) is 12.5 Å². The zero-order chi connectivity index (χ0) is 13.6. The molecular weight excluding hydrogens is 232 g/mol. The topological polar surface area (TPSA) is 36.9 Å². The number of rotatable bonds is 1. The predicted octanol–water partition coefficient (Wildman–Crippen LogP) is 1.85. The lowest BCUT2D eigenvalue weighted by Gasteiger charge is -2.39. The molecule has 2 rings (SSSR count). The second kappa shape index (κ2) is 4.36. The summed E-state index contributed by atoms with van der Waals surface area (Å²) in [7, 11) is 0. The lowest BCUT2D eigenvalue weighted by atomic mass is 10.0. The Bertz CT molecular complexity index is 391. The van der Waals surface area contributed by atoms with Crippen LogP contribution in [-0.2, 0) is 18.9 Å². The van der Waals surface area contributed by atoms with Crippen molar-refractivity contribution in [1.29, 1.82) is 0 Å². The van der Waals surface area contributed by atoms with Gasteiger partial charge in [0.1, 0.15) is 18.3 Å². The first-order valence-electron chi connectivity index (χ1n) is 6.05. The van der Waals surface area contributed by atoms with Gasteiger partial charge in [0, 0.05) is 0 Å². The van der Waals surface area contributed by atoms with Crippen LogP contribution in [0.5, 0.6) is 0 Å². The van der Waals surface area contributed by atoms with Crippen molar-refractivity contribution in [3.05, 3.63) is 12.2 Å². The van der Waals surface area contributed by atoms with Gasteiger partial charge in [0.2, 0.25) is 0 Å². The third-order valence-corrected chi connectivity index (χ3v) is 3.01. The fourth-order valence-electron chi connectivity index (χ4n) is 2.21. The molecular formula is C14H20O4. The SMILES string of the molecule is C#C[C@H]1OC(C)(C)O[C@H]1[C@@H]1OC(C)(C)OCC1=C. The summed E-state index contributed by atoms with van der Waals surface area (Å²) in [6.45, 7) is 11.8. The van der Waals surface area contributed by atoms with Crippen LogP contribution in [0.25, 0.3) is 0 Å². The Kier molecular flexibility index (Phi) is 3.28. The molecule has 0 aromatic heterocycles. The van der Waals surface area contributed by atoms with Crippen molar-refractivity contribution in [1.82, 2.24) is 0 Å². The molecule has 0 bridgehead atoms. The molecule has 2 heterocycles. The van der Waals surface area contributed by atoms with Crippen LogP contribution in [0.4, 0.5) is 0 Å². The zero-order valence-corrected chi connectivity index (χ0v) is 11.4. The molecule has 4 nitrogen and oxygen atoms in total. The predicted molar refractivity (Wildman–Crippen MR) is 66.7 cm³/mol. The fourth-order valence-corrected chi connectivity index (χ4v) is 2.21. The average Bonchev–Trinajstić information content (AvgIpc) is 2.57. The van der Waals surface area contributed by atoms with Gasteiger partial charge in [-0.05, 0) is 33.3 Å².